The highest BCUT2D eigenvalue weighted by molar-refractivity contribution is 7.91. The Hall–Kier alpha value is -3.39. The Morgan fingerprint density at radius 1 is 1.07 bits per heavy atom. The number of hydrogen-bond acceptors (Lipinski definition) is 6. The van der Waals surface area contributed by atoms with Gasteiger partial charge in [-0.25, -0.2) is 13.2 Å². The van der Waals surface area contributed by atoms with Crippen LogP contribution in [-0.4, -0.2) is 25.2 Å². The van der Waals surface area contributed by atoms with E-state index in [0.717, 1.165) is 17.2 Å². The average Bonchev–Trinajstić information content (AvgIpc) is 2.72. The minimum Gasteiger partial charge on any atom is -0.481 e. The number of ether oxygens (including phenoxy) is 1. The minimum absolute atomic E-state index is 0.00698. The molecule has 0 aliphatic carbocycles. The maximum absolute atomic E-state index is 12.5. The molecule has 0 bridgehead atoms. The van der Waals surface area contributed by atoms with Crippen molar-refractivity contribution in [3.05, 3.63) is 93.5 Å². The van der Waals surface area contributed by atoms with Gasteiger partial charge in [-0.15, -0.1) is 0 Å². The van der Waals surface area contributed by atoms with Gasteiger partial charge in [-0.1, -0.05) is 42.5 Å². The first kappa shape index (κ1) is 21.3. The monoisotopic (exact) mass is 428 g/mol. The number of rotatable bonds is 8. The van der Waals surface area contributed by atoms with Gasteiger partial charge in [0.05, 0.1) is 10.6 Å². The Morgan fingerprint density at radius 2 is 1.80 bits per heavy atom. The van der Waals surface area contributed by atoms with Crippen molar-refractivity contribution in [1.82, 2.24) is 0 Å². The van der Waals surface area contributed by atoms with Gasteiger partial charge in [0.15, 0.2) is 9.84 Å². The molecule has 3 aromatic rings. The molecule has 0 saturated heterocycles. The third-order valence-electron chi connectivity index (χ3n) is 4.34. The molecule has 0 atom stereocenters. The quantitative estimate of drug-likeness (QED) is 0.586. The first-order valence-electron chi connectivity index (χ1n) is 9.13. The summed E-state index contributed by atoms with van der Waals surface area (Å²) in [7, 11) is -3.62. The SMILES string of the molecule is Cc1cccc(S(=O)(=O)CCc2cc(=O)c(OCc3ccccc3)c(C(=O)O)o2)c1. The molecule has 0 aliphatic heterocycles. The van der Waals surface area contributed by atoms with Crippen LogP contribution in [0.2, 0.25) is 0 Å². The zero-order chi connectivity index (χ0) is 21.7. The number of carbonyl (C=O) groups is 1. The first-order chi connectivity index (χ1) is 14.3. The highest BCUT2D eigenvalue weighted by Gasteiger charge is 2.22. The second-order valence-corrected chi connectivity index (χ2v) is 8.81. The Morgan fingerprint density at radius 3 is 2.47 bits per heavy atom. The summed E-state index contributed by atoms with van der Waals surface area (Å²) in [6.45, 7) is 1.78. The number of benzene rings is 2. The number of carboxylic acids is 1. The molecule has 0 saturated carbocycles. The molecular formula is C22H20O7S. The summed E-state index contributed by atoms with van der Waals surface area (Å²) < 4.78 is 35.8. The van der Waals surface area contributed by atoms with Crippen molar-refractivity contribution in [2.24, 2.45) is 0 Å². The van der Waals surface area contributed by atoms with E-state index < -0.39 is 32.7 Å². The van der Waals surface area contributed by atoms with Crippen LogP contribution in [0.25, 0.3) is 0 Å². The van der Waals surface area contributed by atoms with Gasteiger partial charge in [-0.3, -0.25) is 4.79 Å². The van der Waals surface area contributed by atoms with Crippen LogP contribution in [0.4, 0.5) is 0 Å². The van der Waals surface area contributed by atoms with E-state index in [0.29, 0.717) is 0 Å². The molecule has 0 radical (unpaired) electrons. The summed E-state index contributed by atoms with van der Waals surface area (Å²) in [5, 5.41) is 9.42. The fourth-order valence-electron chi connectivity index (χ4n) is 2.82. The molecule has 2 aromatic carbocycles. The summed E-state index contributed by atoms with van der Waals surface area (Å²) in [5.41, 5.74) is 0.870. The molecule has 7 nitrogen and oxygen atoms in total. The first-order valence-corrected chi connectivity index (χ1v) is 10.8. The van der Waals surface area contributed by atoms with E-state index in [1.54, 1.807) is 49.4 Å². The lowest BCUT2D eigenvalue weighted by Crippen LogP contribution is -2.16. The molecule has 0 fully saturated rings. The van der Waals surface area contributed by atoms with Crippen LogP contribution in [0.15, 0.2) is 74.8 Å². The van der Waals surface area contributed by atoms with Crippen molar-refractivity contribution in [3.8, 4) is 5.75 Å². The number of aromatic carboxylic acids is 1. The summed E-state index contributed by atoms with van der Waals surface area (Å²) >= 11 is 0. The Kier molecular flexibility index (Phi) is 6.37. The molecular weight excluding hydrogens is 408 g/mol. The molecule has 8 heteroatoms. The molecule has 156 valence electrons. The Labute approximate surface area is 173 Å². The van der Waals surface area contributed by atoms with Gasteiger partial charge in [-0.2, -0.15) is 0 Å². The molecule has 0 spiro atoms. The lowest BCUT2D eigenvalue weighted by atomic mass is 10.2. The molecule has 0 aliphatic rings. The topological polar surface area (TPSA) is 111 Å². The van der Waals surface area contributed by atoms with Gasteiger partial charge in [0.2, 0.25) is 11.2 Å². The van der Waals surface area contributed by atoms with E-state index in [1.807, 2.05) is 6.07 Å². The van der Waals surface area contributed by atoms with Crippen LogP contribution in [-0.2, 0) is 22.9 Å². The zero-order valence-electron chi connectivity index (χ0n) is 16.2. The minimum atomic E-state index is -3.62. The summed E-state index contributed by atoms with van der Waals surface area (Å²) in [6, 6.07) is 16.5. The van der Waals surface area contributed by atoms with Crippen LogP contribution >= 0.6 is 0 Å². The van der Waals surface area contributed by atoms with E-state index in [9.17, 15) is 23.1 Å². The van der Waals surface area contributed by atoms with Gasteiger partial charge in [0.25, 0.3) is 5.76 Å². The highest BCUT2D eigenvalue weighted by Crippen LogP contribution is 2.19. The largest absolute Gasteiger partial charge is 0.481 e. The van der Waals surface area contributed by atoms with E-state index >= 15 is 0 Å². The lowest BCUT2D eigenvalue weighted by molar-refractivity contribution is 0.0647. The van der Waals surface area contributed by atoms with Crippen molar-refractivity contribution in [2.75, 3.05) is 5.75 Å². The maximum Gasteiger partial charge on any atom is 0.375 e. The number of sulfone groups is 1. The third kappa shape index (κ3) is 5.15. The Bertz CT molecular complexity index is 1210. The summed E-state index contributed by atoms with van der Waals surface area (Å²) in [4.78, 5) is 24.2. The van der Waals surface area contributed by atoms with Gasteiger partial charge < -0.3 is 14.3 Å². The smallest absolute Gasteiger partial charge is 0.375 e. The zero-order valence-corrected chi connectivity index (χ0v) is 17.0. The fraction of sp³-hybridized carbons (Fsp3) is 0.182. The molecule has 3 rings (SSSR count). The average molecular weight is 428 g/mol. The van der Waals surface area contributed by atoms with Crippen LogP contribution in [0.1, 0.15) is 27.4 Å². The predicted octanol–water partition coefficient (Wildman–Crippen LogP) is 3.24. The number of hydrogen-bond donors (Lipinski definition) is 1. The number of aryl methyl sites for hydroxylation is 2. The lowest BCUT2D eigenvalue weighted by Gasteiger charge is -2.10. The second-order valence-electron chi connectivity index (χ2n) is 6.70. The standard InChI is InChI=1S/C22H20O7S/c1-15-6-5-9-18(12-15)30(26,27)11-10-17-13-19(23)20(21(29-17)22(24)25)28-14-16-7-3-2-4-8-16/h2-9,12-13H,10-11,14H2,1H3,(H,24,25). The van der Waals surface area contributed by atoms with Gasteiger partial charge in [-0.05, 0) is 30.2 Å². The van der Waals surface area contributed by atoms with E-state index in [-0.39, 0.29) is 29.4 Å². The van der Waals surface area contributed by atoms with Crippen LogP contribution in [0.5, 0.6) is 5.75 Å². The van der Waals surface area contributed by atoms with Crippen LogP contribution in [0.3, 0.4) is 0 Å². The number of carboxylic acid groups (broad SMARTS) is 1. The van der Waals surface area contributed by atoms with E-state index in [2.05, 4.69) is 0 Å². The predicted molar refractivity (Wildman–Crippen MR) is 110 cm³/mol. The molecule has 1 N–H and O–H groups in total. The molecule has 1 aromatic heterocycles. The highest BCUT2D eigenvalue weighted by atomic mass is 32.2. The van der Waals surface area contributed by atoms with Crippen LogP contribution < -0.4 is 10.2 Å². The molecule has 30 heavy (non-hydrogen) atoms. The van der Waals surface area contributed by atoms with Crippen molar-refractivity contribution >= 4 is 15.8 Å². The fourth-order valence-corrected chi connectivity index (χ4v) is 4.18. The molecule has 0 amide bonds. The van der Waals surface area contributed by atoms with Crippen molar-refractivity contribution in [1.29, 1.82) is 0 Å². The van der Waals surface area contributed by atoms with Crippen LogP contribution in [0, 0.1) is 6.92 Å². The van der Waals surface area contributed by atoms with Crippen molar-refractivity contribution in [2.45, 2.75) is 24.8 Å². The van der Waals surface area contributed by atoms with Crippen molar-refractivity contribution < 1.29 is 27.5 Å². The van der Waals surface area contributed by atoms with E-state index in [4.69, 9.17) is 9.15 Å². The normalized spacial score (nSPS) is 11.2. The summed E-state index contributed by atoms with van der Waals surface area (Å²) in [6.07, 6.45) is -0.148. The van der Waals surface area contributed by atoms with E-state index in [1.165, 1.54) is 6.07 Å². The second kappa shape index (κ2) is 8.96. The van der Waals surface area contributed by atoms with Crippen molar-refractivity contribution in [3.63, 3.8) is 0 Å². The molecule has 0 unspecified atom stereocenters. The van der Waals surface area contributed by atoms with Gasteiger partial charge >= 0.3 is 5.97 Å². The molecule has 1 heterocycles. The summed E-state index contributed by atoms with van der Waals surface area (Å²) in [5.74, 6) is -2.92. The van der Waals surface area contributed by atoms with Gasteiger partial charge in [0.1, 0.15) is 12.4 Å². The van der Waals surface area contributed by atoms with Gasteiger partial charge in [0, 0.05) is 12.5 Å². The third-order valence-corrected chi connectivity index (χ3v) is 6.06. The Balaban J connectivity index is 1.81. The maximum atomic E-state index is 12.5.